The van der Waals surface area contributed by atoms with Gasteiger partial charge in [0.15, 0.2) is 0 Å². The molecule has 2 aromatic rings. The maximum atomic E-state index is 13.9. The highest BCUT2D eigenvalue weighted by molar-refractivity contribution is 9.10. The first-order chi connectivity index (χ1) is 9.58. The average molecular weight is 465 g/mol. The van der Waals surface area contributed by atoms with Crippen LogP contribution in [0.25, 0.3) is 0 Å². The molecule has 4 heteroatoms. The molecule has 0 saturated heterocycles. The summed E-state index contributed by atoms with van der Waals surface area (Å²) in [5, 5.41) is 0.856. The van der Waals surface area contributed by atoms with Crippen molar-refractivity contribution in [1.82, 2.24) is 0 Å². The van der Waals surface area contributed by atoms with E-state index < -0.39 is 0 Å². The van der Waals surface area contributed by atoms with Gasteiger partial charge in [-0.3, -0.25) is 0 Å². The van der Waals surface area contributed by atoms with Crippen LogP contribution in [-0.2, 0) is 12.8 Å². The van der Waals surface area contributed by atoms with Crippen molar-refractivity contribution < 1.29 is 4.39 Å². The van der Waals surface area contributed by atoms with Crippen LogP contribution in [0.5, 0.6) is 0 Å². The maximum absolute atomic E-state index is 13.9. The predicted octanol–water partition coefficient (Wildman–Crippen LogP) is 6.15. The Bertz CT molecular complexity index is 584. The summed E-state index contributed by atoms with van der Waals surface area (Å²) in [7, 11) is 0. The van der Waals surface area contributed by atoms with Gasteiger partial charge in [-0.25, -0.2) is 4.39 Å². The SMILES string of the molecule is Fc1cc(Br)ccc1CC(CBr)Cc1cccc(Br)c1. The predicted molar refractivity (Wildman–Crippen MR) is 92.9 cm³/mol. The molecule has 0 aromatic heterocycles. The molecule has 0 heterocycles. The van der Waals surface area contributed by atoms with E-state index in [0.29, 0.717) is 5.92 Å². The molecule has 0 aliphatic carbocycles. The zero-order valence-electron chi connectivity index (χ0n) is 10.8. The van der Waals surface area contributed by atoms with Crippen LogP contribution < -0.4 is 0 Å². The van der Waals surface area contributed by atoms with Crippen LogP contribution in [0.2, 0.25) is 0 Å². The standard InChI is InChI=1S/C16H14Br3F/c17-10-12(6-11-2-1-3-14(18)8-11)7-13-4-5-15(19)9-16(13)20/h1-5,8-9,12H,6-7,10H2. The smallest absolute Gasteiger partial charge is 0.127 e. The van der Waals surface area contributed by atoms with Crippen molar-refractivity contribution in [2.45, 2.75) is 12.8 Å². The molecule has 0 radical (unpaired) electrons. The molecule has 2 rings (SSSR count). The molecule has 2 aromatic carbocycles. The van der Waals surface area contributed by atoms with Gasteiger partial charge in [0.25, 0.3) is 0 Å². The second-order valence-corrected chi connectivity index (χ2v) is 7.27. The van der Waals surface area contributed by atoms with E-state index in [4.69, 9.17) is 0 Å². The molecule has 0 aliphatic rings. The largest absolute Gasteiger partial charge is 0.207 e. The zero-order chi connectivity index (χ0) is 14.5. The molecule has 0 saturated carbocycles. The van der Waals surface area contributed by atoms with Crippen molar-refractivity contribution in [3.63, 3.8) is 0 Å². The van der Waals surface area contributed by atoms with Gasteiger partial charge in [0.1, 0.15) is 5.82 Å². The van der Waals surface area contributed by atoms with Gasteiger partial charge in [-0.05, 0) is 54.2 Å². The Morgan fingerprint density at radius 3 is 2.35 bits per heavy atom. The third-order valence-corrected chi connectivity index (χ3v) is 5.06. The van der Waals surface area contributed by atoms with E-state index in [9.17, 15) is 4.39 Å². The molecule has 1 unspecified atom stereocenters. The lowest BCUT2D eigenvalue weighted by atomic mass is 9.94. The number of alkyl halides is 1. The van der Waals surface area contributed by atoms with Crippen LogP contribution in [0, 0.1) is 11.7 Å². The molecule has 0 amide bonds. The van der Waals surface area contributed by atoms with Gasteiger partial charge in [-0.2, -0.15) is 0 Å². The van der Waals surface area contributed by atoms with Crippen molar-refractivity contribution >= 4 is 47.8 Å². The van der Waals surface area contributed by atoms with E-state index in [-0.39, 0.29) is 5.82 Å². The van der Waals surface area contributed by atoms with Crippen molar-refractivity contribution in [3.05, 3.63) is 68.4 Å². The highest BCUT2D eigenvalue weighted by atomic mass is 79.9. The summed E-state index contributed by atoms with van der Waals surface area (Å²) in [5.41, 5.74) is 2.04. The number of benzene rings is 2. The minimum Gasteiger partial charge on any atom is -0.207 e. The number of halogens is 4. The highest BCUT2D eigenvalue weighted by Crippen LogP contribution is 2.22. The Labute approximate surface area is 144 Å². The van der Waals surface area contributed by atoms with Gasteiger partial charge in [-0.15, -0.1) is 0 Å². The van der Waals surface area contributed by atoms with E-state index >= 15 is 0 Å². The summed E-state index contributed by atoms with van der Waals surface area (Å²) in [4.78, 5) is 0. The van der Waals surface area contributed by atoms with E-state index in [1.165, 1.54) is 11.6 Å². The zero-order valence-corrected chi connectivity index (χ0v) is 15.5. The van der Waals surface area contributed by atoms with Gasteiger partial charge in [0.2, 0.25) is 0 Å². The summed E-state index contributed by atoms with van der Waals surface area (Å²) < 4.78 is 15.8. The quantitative estimate of drug-likeness (QED) is 0.466. The van der Waals surface area contributed by atoms with E-state index in [1.807, 2.05) is 24.3 Å². The van der Waals surface area contributed by atoms with E-state index in [0.717, 1.165) is 32.7 Å². The molecule has 20 heavy (non-hydrogen) atoms. The number of hydrogen-bond acceptors (Lipinski definition) is 0. The summed E-state index contributed by atoms with van der Waals surface area (Å²) in [5.74, 6) is 0.236. The first-order valence-corrected chi connectivity index (χ1v) is 9.03. The Hall–Kier alpha value is -0.190. The first kappa shape index (κ1) is 16.2. The molecule has 0 N–H and O–H groups in total. The average Bonchev–Trinajstić information content (AvgIpc) is 2.41. The van der Waals surface area contributed by atoms with Crippen LogP contribution in [0.3, 0.4) is 0 Å². The molecule has 0 aliphatic heterocycles. The minimum atomic E-state index is -0.139. The van der Waals surface area contributed by atoms with Crippen molar-refractivity contribution in [3.8, 4) is 0 Å². The molecule has 0 spiro atoms. The number of rotatable bonds is 5. The van der Waals surface area contributed by atoms with Gasteiger partial charge < -0.3 is 0 Å². The normalized spacial score (nSPS) is 12.4. The molecule has 1 atom stereocenters. The van der Waals surface area contributed by atoms with Crippen molar-refractivity contribution in [2.75, 3.05) is 5.33 Å². The van der Waals surface area contributed by atoms with Gasteiger partial charge in [0, 0.05) is 14.3 Å². The molecule has 106 valence electrons. The fourth-order valence-electron chi connectivity index (χ4n) is 2.18. The van der Waals surface area contributed by atoms with Crippen molar-refractivity contribution in [1.29, 1.82) is 0 Å². The van der Waals surface area contributed by atoms with E-state index in [2.05, 4.69) is 59.9 Å². The lowest BCUT2D eigenvalue weighted by Crippen LogP contribution is -2.11. The topological polar surface area (TPSA) is 0 Å². The van der Waals surface area contributed by atoms with Crippen molar-refractivity contribution in [2.24, 2.45) is 5.92 Å². The summed E-state index contributed by atoms with van der Waals surface area (Å²) in [6.07, 6.45) is 1.66. The molecular weight excluding hydrogens is 451 g/mol. The Morgan fingerprint density at radius 1 is 0.950 bits per heavy atom. The van der Waals surface area contributed by atoms with Gasteiger partial charge >= 0.3 is 0 Å². The van der Waals surface area contributed by atoms with Crippen LogP contribution in [0.15, 0.2) is 51.4 Å². The maximum Gasteiger partial charge on any atom is 0.127 e. The lowest BCUT2D eigenvalue weighted by Gasteiger charge is -2.15. The van der Waals surface area contributed by atoms with Crippen LogP contribution in [-0.4, -0.2) is 5.33 Å². The third kappa shape index (κ3) is 4.68. The first-order valence-electron chi connectivity index (χ1n) is 6.33. The van der Waals surface area contributed by atoms with Crippen LogP contribution in [0.4, 0.5) is 4.39 Å². The molecule has 0 fully saturated rings. The molecule has 0 nitrogen and oxygen atoms in total. The van der Waals surface area contributed by atoms with Crippen LogP contribution in [0.1, 0.15) is 11.1 Å². The third-order valence-electron chi connectivity index (χ3n) is 3.16. The summed E-state index contributed by atoms with van der Waals surface area (Å²) in [6.45, 7) is 0. The Morgan fingerprint density at radius 2 is 1.70 bits per heavy atom. The minimum absolute atomic E-state index is 0.139. The highest BCUT2D eigenvalue weighted by Gasteiger charge is 2.13. The molecular formula is C16H14Br3F. The van der Waals surface area contributed by atoms with E-state index in [1.54, 1.807) is 0 Å². The van der Waals surface area contributed by atoms with Gasteiger partial charge in [0.05, 0.1) is 0 Å². The number of hydrogen-bond donors (Lipinski definition) is 0. The second-order valence-electron chi connectivity index (χ2n) is 4.79. The summed E-state index contributed by atoms with van der Waals surface area (Å²) >= 11 is 10.3. The van der Waals surface area contributed by atoms with Gasteiger partial charge in [-0.1, -0.05) is 66.0 Å². The Kier molecular flexibility index (Phi) is 6.24. The summed E-state index contributed by atoms with van der Waals surface area (Å²) in [6, 6.07) is 13.6. The fraction of sp³-hybridized carbons (Fsp3) is 0.250. The lowest BCUT2D eigenvalue weighted by molar-refractivity contribution is 0.550. The monoisotopic (exact) mass is 462 g/mol. The Balaban J connectivity index is 2.09. The molecule has 0 bridgehead atoms. The fourth-order valence-corrected chi connectivity index (χ4v) is 3.41. The second kappa shape index (κ2) is 7.71. The van der Waals surface area contributed by atoms with Crippen LogP contribution >= 0.6 is 47.8 Å².